The molecule has 4 rings (SSSR count). The predicted molar refractivity (Wildman–Crippen MR) is 133 cm³/mol. The first-order valence-corrected chi connectivity index (χ1v) is 14.5. The van der Waals surface area contributed by atoms with E-state index in [9.17, 15) is 22.0 Å². The summed E-state index contributed by atoms with van der Waals surface area (Å²) in [6, 6.07) is 2.06. The Balaban J connectivity index is 1.23. The molecule has 3 fully saturated rings. The van der Waals surface area contributed by atoms with E-state index in [2.05, 4.69) is 11.7 Å². The summed E-state index contributed by atoms with van der Waals surface area (Å²) in [5.74, 6) is 0.233. The highest BCUT2D eigenvalue weighted by Gasteiger charge is 2.39. The van der Waals surface area contributed by atoms with Gasteiger partial charge in [-0.1, -0.05) is 51.9 Å². The second-order valence-electron chi connectivity index (χ2n) is 11.9. The summed E-state index contributed by atoms with van der Waals surface area (Å²) in [6.45, 7) is 2.27. The molecule has 0 amide bonds. The topological polar surface area (TPSA) is 9.23 Å². The van der Waals surface area contributed by atoms with Gasteiger partial charge in [0.25, 0.3) is 0 Å². The SMILES string of the molecule is CCCCCCCC1CCC2CC(C3CCC(c4cc(F)c(OC(F)(F)F)c(F)c4)CC3)CCC2C1. The monoisotopic (exact) mass is 514 g/mol. The molecule has 0 radical (unpaired) electrons. The van der Waals surface area contributed by atoms with E-state index in [4.69, 9.17) is 0 Å². The van der Waals surface area contributed by atoms with Gasteiger partial charge < -0.3 is 4.74 Å². The smallest absolute Gasteiger partial charge is 0.399 e. The van der Waals surface area contributed by atoms with E-state index >= 15 is 0 Å². The Hall–Kier alpha value is -1.33. The van der Waals surface area contributed by atoms with E-state index in [1.807, 2.05) is 0 Å². The largest absolute Gasteiger partial charge is 0.573 e. The summed E-state index contributed by atoms with van der Waals surface area (Å²) in [5, 5.41) is 0. The molecular weight excluding hydrogens is 471 g/mol. The molecule has 3 saturated carbocycles. The van der Waals surface area contributed by atoms with Gasteiger partial charge >= 0.3 is 6.36 Å². The molecule has 0 saturated heterocycles. The average molecular weight is 515 g/mol. The molecule has 0 heterocycles. The first-order valence-electron chi connectivity index (χ1n) is 14.5. The third-order valence-electron chi connectivity index (χ3n) is 9.63. The lowest BCUT2D eigenvalue weighted by Crippen LogP contribution is -2.34. The minimum absolute atomic E-state index is 0.00529. The summed E-state index contributed by atoms with van der Waals surface area (Å²) in [6.07, 6.45) is 15.2. The van der Waals surface area contributed by atoms with Crippen molar-refractivity contribution in [3.8, 4) is 5.75 Å². The predicted octanol–water partition coefficient (Wildman–Crippen LogP) is 10.3. The fourth-order valence-corrected chi connectivity index (χ4v) is 7.70. The average Bonchev–Trinajstić information content (AvgIpc) is 2.85. The highest BCUT2D eigenvalue weighted by atomic mass is 19.4. The molecule has 0 aromatic heterocycles. The van der Waals surface area contributed by atoms with Crippen LogP contribution in [0.15, 0.2) is 12.1 Å². The van der Waals surface area contributed by atoms with Crippen LogP contribution in [0.25, 0.3) is 0 Å². The molecule has 0 bridgehead atoms. The van der Waals surface area contributed by atoms with Crippen molar-refractivity contribution in [3.63, 3.8) is 0 Å². The van der Waals surface area contributed by atoms with Crippen LogP contribution in [0.4, 0.5) is 22.0 Å². The molecule has 4 atom stereocenters. The number of unbranched alkanes of at least 4 members (excludes halogenated alkanes) is 4. The summed E-state index contributed by atoms with van der Waals surface area (Å²) in [5.41, 5.74) is 0.453. The van der Waals surface area contributed by atoms with Gasteiger partial charge in [0, 0.05) is 0 Å². The van der Waals surface area contributed by atoms with Crippen LogP contribution in [-0.2, 0) is 0 Å². The normalized spacial score (nSPS) is 31.2. The maximum Gasteiger partial charge on any atom is 0.573 e. The second kappa shape index (κ2) is 12.5. The lowest BCUT2D eigenvalue weighted by Gasteiger charge is -2.45. The van der Waals surface area contributed by atoms with Crippen molar-refractivity contribution < 1.29 is 26.7 Å². The van der Waals surface area contributed by atoms with Gasteiger partial charge in [-0.25, -0.2) is 8.78 Å². The van der Waals surface area contributed by atoms with Crippen molar-refractivity contribution in [1.82, 2.24) is 0 Å². The van der Waals surface area contributed by atoms with Crippen molar-refractivity contribution in [2.45, 2.75) is 122 Å². The molecule has 1 aromatic rings. The van der Waals surface area contributed by atoms with Crippen LogP contribution in [0, 0.1) is 41.2 Å². The number of fused-ring (bicyclic) bond motifs is 1. The molecule has 3 aliphatic rings. The minimum atomic E-state index is -5.12. The molecule has 0 N–H and O–H groups in total. The molecule has 1 aromatic carbocycles. The van der Waals surface area contributed by atoms with Crippen LogP contribution in [-0.4, -0.2) is 6.36 Å². The zero-order valence-electron chi connectivity index (χ0n) is 21.7. The van der Waals surface area contributed by atoms with Gasteiger partial charge in [0.2, 0.25) is 5.75 Å². The lowest BCUT2D eigenvalue weighted by atomic mass is 9.60. The number of halogens is 5. The third-order valence-corrected chi connectivity index (χ3v) is 9.63. The van der Waals surface area contributed by atoms with Crippen molar-refractivity contribution in [1.29, 1.82) is 0 Å². The second-order valence-corrected chi connectivity index (χ2v) is 11.9. The van der Waals surface area contributed by atoms with E-state index in [1.165, 1.54) is 77.0 Å². The Labute approximate surface area is 213 Å². The van der Waals surface area contributed by atoms with E-state index in [0.717, 1.165) is 61.5 Å². The highest BCUT2D eigenvalue weighted by molar-refractivity contribution is 5.33. The number of hydrogen-bond acceptors (Lipinski definition) is 1. The zero-order chi connectivity index (χ0) is 25.7. The summed E-state index contributed by atoms with van der Waals surface area (Å²) < 4.78 is 69.2. The van der Waals surface area contributed by atoms with Crippen LogP contribution in [0.2, 0.25) is 0 Å². The Morgan fingerprint density at radius 1 is 0.722 bits per heavy atom. The van der Waals surface area contributed by atoms with Crippen LogP contribution < -0.4 is 4.74 Å². The quantitative estimate of drug-likeness (QED) is 0.235. The Morgan fingerprint density at radius 3 is 1.92 bits per heavy atom. The van der Waals surface area contributed by atoms with Crippen LogP contribution >= 0.6 is 0 Å². The van der Waals surface area contributed by atoms with Gasteiger partial charge in [0.05, 0.1) is 0 Å². The fourth-order valence-electron chi connectivity index (χ4n) is 7.70. The number of rotatable bonds is 9. The molecule has 36 heavy (non-hydrogen) atoms. The van der Waals surface area contributed by atoms with Gasteiger partial charge in [0.15, 0.2) is 11.6 Å². The van der Waals surface area contributed by atoms with E-state index in [-0.39, 0.29) is 5.92 Å². The highest BCUT2D eigenvalue weighted by Crippen LogP contribution is 2.50. The summed E-state index contributed by atoms with van der Waals surface area (Å²) in [4.78, 5) is 0. The Kier molecular flexibility index (Phi) is 9.60. The maximum absolute atomic E-state index is 14.2. The zero-order valence-corrected chi connectivity index (χ0v) is 21.7. The van der Waals surface area contributed by atoms with Crippen LogP contribution in [0.1, 0.15) is 121 Å². The van der Waals surface area contributed by atoms with Crippen LogP contribution in [0.5, 0.6) is 5.75 Å². The van der Waals surface area contributed by atoms with Crippen molar-refractivity contribution in [3.05, 3.63) is 29.3 Å². The molecule has 1 nitrogen and oxygen atoms in total. The number of ether oxygens (including phenoxy) is 1. The van der Waals surface area contributed by atoms with E-state index in [1.54, 1.807) is 0 Å². The number of hydrogen-bond donors (Lipinski definition) is 0. The summed E-state index contributed by atoms with van der Waals surface area (Å²) >= 11 is 0. The van der Waals surface area contributed by atoms with Crippen molar-refractivity contribution >= 4 is 0 Å². The Bertz CT molecular complexity index is 806. The number of benzene rings is 1. The first kappa shape index (κ1) is 27.7. The third kappa shape index (κ3) is 7.37. The van der Waals surface area contributed by atoms with Crippen molar-refractivity contribution in [2.24, 2.45) is 29.6 Å². The van der Waals surface area contributed by atoms with E-state index < -0.39 is 23.7 Å². The lowest BCUT2D eigenvalue weighted by molar-refractivity contribution is -0.276. The van der Waals surface area contributed by atoms with Gasteiger partial charge in [-0.05, 0) is 111 Å². The first-order chi connectivity index (χ1) is 17.2. The van der Waals surface area contributed by atoms with Gasteiger partial charge in [-0.15, -0.1) is 13.2 Å². The molecule has 4 unspecified atom stereocenters. The molecule has 0 spiro atoms. The fraction of sp³-hybridized carbons (Fsp3) is 0.800. The standard InChI is InChI=1S/C30H43F5O/c1-2-3-4-5-6-7-20-8-9-25-17-24(15-14-23(25)16-20)21-10-12-22(13-11-21)26-18-27(31)29(28(32)19-26)36-30(33,34)35/h18-25H,2-17H2,1H3. The van der Waals surface area contributed by atoms with Crippen LogP contribution in [0.3, 0.4) is 0 Å². The molecule has 0 aliphatic heterocycles. The van der Waals surface area contributed by atoms with E-state index in [0.29, 0.717) is 11.5 Å². The molecule has 6 heteroatoms. The van der Waals surface area contributed by atoms with Gasteiger partial charge in [-0.2, -0.15) is 0 Å². The maximum atomic E-state index is 14.2. The van der Waals surface area contributed by atoms with Crippen molar-refractivity contribution in [2.75, 3.05) is 0 Å². The Morgan fingerprint density at radius 2 is 1.28 bits per heavy atom. The van der Waals surface area contributed by atoms with Gasteiger partial charge in [-0.3, -0.25) is 0 Å². The molecule has 204 valence electrons. The molecular formula is C30H43F5O. The molecule has 3 aliphatic carbocycles. The minimum Gasteiger partial charge on any atom is -0.399 e. The number of alkyl halides is 3. The summed E-state index contributed by atoms with van der Waals surface area (Å²) in [7, 11) is 0. The van der Waals surface area contributed by atoms with Gasteiger partial charge in [0.1, 0.15) is 0 Å².